The van der Waals surface area contributed by atoms with Gasteiger partial charge in [-0.15, -0.1) is 0 Å². The number of piperidine rings is 1. The minimum absolute atomic E-state index is 0.271. The lowest BCUT2D eigenvalue weighted by Crippen LogP contribution is -2.28. The molecule has 0 aliphatic carbocycles. The largest absolute Gasteiger partial charge is 0.307 e. The summed E-state index contributed by atoms with van der Waals surface area (Å²) >= 11 is 0. The molecule has 3 rings (SSSR count). The van der Waals surface area contributed by atoms with Crippen molar-refractivity contribution in [2.24, 2.45) is 0 Å². The van der Waals surface area contributed by atoms with E-state index in [9.17, 15) is 4.79 Å². The molecule has 3 heterocycles. The van der Waals surface area contributed by atoms with Gasteiger partial charge in [0.25, 0.3) is 0 Å². The molecule has 4 heteroatoms. The number of hydrogen-bond donors (Lipinski definition) is 1. The monoisotopic (exact) mass is 229 g/mol. The molecule has 4 nitrogen and oxygen atoms in total. The molecule has 2 aromatic heterocycles. The van der Waals surface area contributed by atoms with E-state index in [1.807, 2.05) is 28.8 Å². The Morgan fingerprint density at radius 1 is 1.41 bits per heavy atom. The van der Waals surface area contributed by atoms with Crippen LogP contribution >= 0.6 is 0 Å². The summed E-state index contributed by atoms with van der Waals surface area (Å²) in [5.41, 5.74) is 1.65. The van der Waals surface area contributed by atoms with E-state index in [1.165, 1.54) is 12.8 Å². The van der Waals surface area contributed by atoms with Crippen LogP contribution in [0.3, 0.4) is 0 Å². The molecule has 17 heavy (non-hydrogen) atoms. The second kappa shape index (κ2) is 4.30. The number of aldehydes is 1. The van der Waals surface area contributed by atoms with E-state index in [2.05, 4.69) is 10.3 Å². The number of nitrogens with zero attached hydrogens (tertiary/aromatic N) is 2. The van der Waals surface area contributed by atoms with Crippen LogP contribution in [0.15, 0.2) is 24.4 Å². The van der Waals surface area contributed by atoms with Crippen molar-refractivity contribution < 1.29 is 4.79 Å². The Bertz CT molecular complexity index is 541. The number of nitrogens with one attached hydrogen (secondary N) is 1. The van der Waals surface area contributed by atoms with Crippen LogP contribution in [0, 0.1) is 0 Å². The first-order valence-electron chi connectivity index (χ1n) is 6.05. The summed E-state index contributed by atoms with van der Waals surface area (Å²) in [7, 11) is 0. The molecule has 0 radical (unpaired) electrons. The van der Waals surface area contributed by atoms with Crippen molar-refractivity contribution in [2.45, 2.75) is 25.3 Å². The van der Waals surface area contributed by atoms with Gasteiger partial charge in [-0.25, -0.2) is 4.98 Å². The van der Waals surface area contributed by atoms with Crippen molar-refractivity contribution in [2.75, 3.05) is 6.54 Å². The summed E-state index contributed by atoms with van der Waals surface area (Å²) < 4.78 is 1.95. The standard InChI is InChI=1S/C13H15N3O/c17-9-11-5-3-4-10-8-15-13(16(10)11)12-6-1-2-7-14-12/h3-5,8-9,12,14H,1-2,6-7H2. The first-order chi connectivity index (χ1) is 8.40. The predicted octanol–water partition coefficient (Wildman–Crippen LogP) is 1.96. The average Bonchev–Trinajstić information content (AvgIpc) is 2.83. The average molecular weight is 229 g/mol. The van der Waals surface area contributed by atoms with Gasteiger partial charge in [-0.05, 0) is 31.5 Å². The van der Waals surface area contributed by atoms with Crippen molar-refractivity contribution in [3.05, 3.63) is 35.9 Å². The van der Waals surface area contributed by atoms with Gasteiger partial charge < -0.3 is 5.32 Å². The Morgan fingerprint density at radius 3 is 3.12 bits per heavy atom. The fourth-order valence-electron chi connectivity index (χ4n) is 2.51. The molecule has 88 valence electrons. The molecular formula is C13H15N3O. The SMILES string of the molecule is O=Cc1cccc2cnc(C3CCCCN3)n12. The third-order valence-electron chi connectivity index (χ3n) is 3.35. The number of carbonyl (C=O) groups is 1. The van der Waals surface area contributed by atoms with Gasteiger partial charge in [0.05, 0.1) is 23.4 Å². The van der Waals surface area contributed by atoms with Gasteiger partial charge in [0, 0.05) is 0 Å². The highest BCUT2D eigenvalue weighted by Crippen LogP contribution is 2.23. The molecule has 0 saturated carbocycles. The van der Waals surface area contributed by atoms with Crippen molar-refractivity contribution in [3.63, 3.8) is 0 Å². The van der Waals surface area contributed by atoms with E-state index in [-0.39, 0.29) is 6.04 Å². The summed E-state index contributed by atoms with van der Waals surface area (Å²) in [5.74, 6) is 0.961. The lowest BCUT2D eigenvalue weighted by Gasteiger charge is -2.22. The zero-order valence-corrected chi connectivity index (χ0v) is 9.60. The highest BCUT2D eigenvalue weighted by molar-refractivity contribution is 5.74. The lowest BCUT2D eigenvalue weighted by atomic mass is 10.0. The van der Waals surface area contributed by atoms with Crippen molar-refractivity contribution in [1.29, 1.82) is 0 Å². The predicted molar refractivity (Wildman–Crippen MR) is 65.2 cm³/mol. The molecule has 2 aromatic rings. The number of imidazole rings is 1. The molecule has 0 aromatic carbocycles. The van der Waals surface area contributed by atoms with Gasteiger partial charge in [-0.3, -0.25) is 9.20 Å². The van der Waals surface area contributed by atoms with E-state index in [1.54, 1.807) is 0 Å². The maximum Gasteiger partial charge on any atom is 0.166 e. The number of fused-ring (bicyclic) bond motifs is 1. The molecule has 0 amide bonds. The first kappa shape index (κ1) is 10.5. The van der Waals surface area contributed by atoms with Gasteiger partial charge in [-0.1, -0.05) is 12.5 Å². The van der Waals surface area contributed by atoms with Crippen LogP contribution in [0.4, 0.5) is 0 Å². The summed E-state index contributed by atoms with van der Waals surface area (Å²) in [6.07, 6.45) is 6.25. The molecule has 0 spiro atoms. The number of carbonyl (C=O) groups excluding carboxylic acids is 1. The molecule has 1 saturated heterocycles. The Labute approximate surface area is 99.7 Å². The van der Waals surface area contributed by atoms with E-state index in [0.717, 1.165) is 30.6 Å². The summed E-state index contributed by atoms with van der Waals surface area (Å²) in [5, 5.41) is 3.47. The van der Waals surface area contributed by atoms with Crippen molar-refractivity contribution >= 4 is 11.8 Å². The van der Waals surface area contributed by atoms with E-state index in [0.29, 0.717) is 5.69 Å². The highest BCUT2D eigenvalue weighted by Gasteiger charge is 2.20. The third kappa shape index (κ3) is 1.74. The van der Waals surface area contributed by atoms with E-state index in [4.69, 9.17) is 0 Å². The van der Waals surface area contributed by atoms with Crippen LogP contribution in [0.1, 0.15) is 41.6 Å². The van der Waals surface area contributed by atoms with Crippen LogP contribution in [-0.2, 0) is 0 Å². The second-order valence-electron chi connectivity index (χ2n) is 4.45. The van der Waals surface area contributed by atoms with Gasteiger partial charge in [0.1, 0.15) is 5.82 Å². The maximum absolute atomic E-state index is 11.1. The molecular weight excluding hydrogens is 214 g/mol. The van der Waals surface area contributed by atoms with Gasteiger partial charge in [0.2, 0.25) is 0 Å². The minimum atomic E-state index is 0.271. The fourth-order valence-corrected chi connectivity index (χ4v) is 2.51. The Balaban J connectivity index is 2.12. The molecule has 0 bridgehead atoms. The van der Waals surface area contributed by atoms with E-state index < -0.39 is 0 Å². The Morgan fingerprint density at radius 2 is 2.35 bits per heavy atom. The number of pyridine rings is 1. The third-order valence-corrected chi connectivity index (χ3v) is 3.35. The normalized spacial score (nSPS) is 20.6. The Hall–Kier alpha value is -1.68. The van der Waals surface area contributed by atoms with Crippen molar-refractivity contribution in [3.8, 4) is 0 Å². The van der Waals surface area contributed by atoms with Crippen LogP contribution < -0.4 is 5.32 Å². The topological polar surface area (TPSA) is 46.4 Å². The first-order valence-corrected chi connectivity index (χ1v) is 6.05. The van der Waals surface area contributed by atoms with Crippen LogP contribution in [0.2, 0.25) is 0 Å². The molecule has 1 atom stereocenters. The summed E-state index contributed by atoms with van der Waals surface area (Å²) in [4.78, 5) is 15.6. The molecule has 1 aliphatic rings. The van der Waals surface area contributed by atoms with Gasteiger partial charge in [-0.2, -0.15) is 0 Å². The zero-order valence-electron chi connectivity index (χ0n) is 9.60. The molecule has 1 N–H and O–H groups in total. The fraction of sp³-hybridized carbons (Fsp3) is 0.385. The van der Waals surface area contributed by atoms with Crippen molar-refractivity contribution in [1.82, 2.24) is 14.7 Å². The maximum atomic E-state index is 11.1. The van der Waals surface area contributed by atoms with Crippen LogP contribution in [0.5, 0.6) is 0 Å². The smallest absolute Gasteiger partial charge is 0.166 e. The second-order valence-corrected chi connectivity index (χ2v) is 4.45. The molecule has 1 unspecified atom stereocenters. The highest BCUT2D eigenvalue weighted by atomic mass is 16.1. The Kier molecular flexibility index (Phi) is 2.65. The number of hydrogen-bond acceptors (Lipinski definition) is 3. The van der Waals surface area contributed by atoms with Gasteiger partial charge >= 0.3 is 0 Å². The lowest BCUT2D eigenvalue weighted by molar-refractivity contribution is 0.111. The van der Waals surface area contributed by atoms with E-state index >= 15 is 0 Å². The number of rotatable bonds is 2. The number of aromatic nitrogens is 2. The van der Waals surface area contributed by atoms with Gasteiger partial charge in [0.15, 0.2) is 6.29 Å². The van der Waals surface area contributed by atoms with Crippen LogP contribution in [-0.4, -0.2) is 22.2 Å². The summed E-state index contributed by atoms with van der Waals surface area (Å²) in [6, 6.07) is 5.96. The molecule has 1 aliphatic heterocycles. The minimum Gasteiger partial charge on any atom is -0.307 e. The van der Waals surface area contributed by atoms with Crippen LogP contribution in [0.25, 0.3) is 5.52 Å². The quantitative estimate of drug-likeness (QED) is 0.801. The zero-order chi connectivity index (χ0) is 11.7. The molecule has 1 fully saturated rings. The summed E-state index contributed by atoms with van der Waals surface area (Å²) in [6.45, 7) is 1.03.